The van der Waals surface area contributed by atoms with Gasteiger partial charge in [0, 0.05) is 24.5 Å². The minimum atomic E-state index is -3.58. The standard InChI is InChI=1S/C14H15N3O3S/c18-11-2-5-13-4-1-6-14(12-13)21(19,20)16-8-10-17-9-3-7-15-17/h1,3-4,6-7,9,12,16,18H,8,10-11H2. The fourth-order valence-electron chi connectivity index (χ4n) is 1.69. The Balaban J connectivity index is 2.04. The summed E-state index contributed by atoms with van der Waals surface area (Å²) in [7, 11) is -3.58. The van der Waals surface area contributed by atoms with Crippen molar-refractivity contribution >= 4 is 10.0 Å². The Labute approximate surface area is 123 Å². The maximum Gasteiger partial charge on any atom is 0.240 e. The van der Waals surface area contributed by atoms with Crippen LogP contribution in [0.3, 0.4) is 0 Å². The molecule has 0 radical (unpaired) electrons. The van der Waals surface area contributed by atoms with Gasteiger partial charge in [-0.05, 0) is 24.3 Å². The van der Waals surface area contributed by atoms with Crippen LogP contribution in [0, 0.1) is 11.8 Å². The first-order chi connectivity index (χ1) is 10.1. The van der Waals surface area contributed by atoms with Crippen LogP contribution < -0.4 is 4.72 Å². The molecule has 0 aliphatic rings. The van der Waals surface area contributed by atoms with Crippen molar-refractivity contribution in [1.29, 1.82) is 0 Å². The van der Waals surface area contributed by atoms with Crippen LogP contribution in [-0.2, 0) is 16.6 Å². The first kappa shape index (κ1) is 15.3. The Kier molecular flexibility index (Phi) is 5.11. The first-order valence-corrected chi connectivity index (χ1v) is 7.77. The van der Waals surface area contributed by atoms with Crippen LogP contribution in [0.2, 0.25) is 0 Å². The average Bonchev–Trinajstić information content (AvgIpc) is 2.98. The lowest BCUT2D eigenvalue weighted by molar-refractivity contribution is 0.350. The predicted octanol–water partition coefficient (Wildman–Crippen LogP) is 0.205. The number of aliphatic hydroxyl groups is 1. The summed E-state index contributed by atoms with van der Waals surface area (Å²) in [5, 5.41) is 12.6. The molecule has 0 bridgehead atoms. The van der Waals surface area contributed by atoms with Crippen molar-refractivity contribution in [2.45, 2.75) is 11.4 Å². The molecule has 0 saturated carbocycles. The highest BCUT2D eigenvalue weighted by atomic mass is 32.2. The van der Waals surface area contributed by atoms with Gasteiger partial charge in [-0.25, -0.2) is 13.1 Å². The summed E-state index contributed by atoms with van der Waals surface area (Å²) in [5.74, 6) is 5.16. The van der Waals surface area contributed by atoms with Gasteiger partial charge in [0.15, 0.2) is 0 Å². The lowest BCUT2D eigenvalue weighted by Crippen LogP contribution is -2.27. The van der Waals surface area contributed by atoms with E-state index in [4.69, 9.17) is 5.11 Å². The van der Waals surface area contributed by atoms with Gasteiger partial charge in [-0.3, -0.25) is 4.68 Å². The van der Waals surface area contributed by atoms with Crippen molar-refractivity contribution in [2.75, 3.05) is 13.2 Å². The Morgan fingerprint density at radius 2 is 2.19 bits per heavy atom. The van der Waals surface area contributed by atoms with Crippen LogP contribution in [0.5, 0.6) is 0 Å². The minimum absolute atomic E-state index is 0.146. The molecule has 21 heavy (non-hydrogen) atoms. The van der Waals surface area contributed by atoms with Gasteiger partial charge in [-0.2, -0.15) is 5.10 Å². The predicted molar refractivity (Wildman–Crippen MR) is 77.8 cm³/mol. The van der Waals surface area contributed by atoms with Crippen LogP contribution in [0.15, 0.2) is 47.6 Å². The fraction of sp³-hybridized carbons (Fsp3) is 0.214. The SMILES string of the molecule is O=S(=O)(NCCn1cccn1)c1cccc(C#CCO)c1. The number of sulfonamides is 1. The zero-order valence-electron chi connectivity index (χ0n) is 11.2. The Bertz CT molecular complexity index is 743. The third-order valence-corrected chi connectivity index (χ3v) is 4.11. The second kappa shape index (κ2) is 7.04. The van der Waals surface area contributed by atoms with Gasteiger partial charge in [0.1, 0.15) is 6.61 Å². The molecular weight excluding hydrogens is 290 g/mol. The quantitative estimate of drug-likeness (QED) is 0.773. The lowest BCUT2D eigenvalue weighted by atomic mass is 10.2. The van der Waals surface area contributed by atoms with E-state index >= 15 is 0 Å². The molecule has 0 atom stereocenters. The average molecular weight is 305 g/mol. The van der Waals surface area contributed by atoms with E-state index in [1.165, 1.54) is 12.1 Å². The molecule has 2 aromatic rings. The van der Waals surface area contributed by atoms with E-state index in [1.54, 1.807) is 35.3 Å². The maximum atomic E-state index is 12.1. The van der Waals surface area contributed by atoms with E-state index in [9.17, 15) is 8.42 Å². The van der Waals surface area contributed by atoms with Crippen LogP contribution in [0.1, 0.15) is 5.56 Å². The summed E-state index contributed by atoms with van der Waals surface area (Å²) in [4.78, 5) is 0.146. The molecule has 1 aromatic heterocycles. The second-order valence-corrected chi connectivity index (χ2v) is 5.92. The number of nitrogens with zero attached hydrogens (tertiary/aromatic N) is 2. The zero-order valence-corrected chi connectivity index (χ0v) is 12.0. The van der Waals surface area contributed by atoms with E-state index in [0.717, 1.165) is 0 Å². The highest BCUT2D eigenvalue weighted by Gasteiger charge is 2.13. The van der Waals surface area contributed by atoms with Gasteiger partial charge in [0.25, 0.3) is 0 Å². The van der Waals surface area contributed by atoms with Crippen molar-refractivity contribution in [3.8, 4) is 11.8 Å². The molecule has 0 spiro atoms. The minimum Gasteiger partial charge on any atom is -0.384 e. The van der Waals surface area contributed by atoms with Crippen LogP contribution >= 0.6 is 0 Å². The van der Waals surface area contributed by atoms with Crippen molar-refractivity contribution in [3.05, 3.63) is 48.3 Å². The number of aromatic nitrogens is 2. The number of hydrogen-bond donors (Lipinski definition) is 2. The molecule has 0 aliphatic carbocycles. The molecule has 0 amide bonds. The third-order valence-electron chi connectivity index (χ3n) is 2.65. The van der Waals surface area contributed by atoms with E-state index in [0.29, 0.717) is 12.1 Å². The monoisotopic (exact) mass is 305 g/mol. The number of benzene rings is 1. The maximum absolute atomic E-state index is 12.1. The van der Waals surface area contributed by atoms with Gasteiger partial charge < -0.3 is 5.11 Å². The topological polar surface area (TPSA) is 84.2 Å². The number of rotatable bonds is 5. The van der Waals surface area contributed by atoms with Crippen molar-refractivity contribution in [1.82, 2.24) is 14.5 Å². The lowest BCUT2D eigenvalue weighted by Gasteiger charge is -2.07. The Morgan fingerprint density at radius 1 is 1.33 bits per heavy atom. The molecule has 0 unspecified atom stereocenters. The third kappa shape index (κ3) is 4.43. The molecular formula is C14H15N3O3S. The summed E-state index contributed by atoms with van der Waals surface area (Å²) in [6.07, 6.45) is 3.40. The molecule has 1 aromatic carbocycles. The summed E-state index contributed by atoms with van der Waals surface area (Å²) in [5.41, 5.74) is 0.541. The van der Waals surface area contributed by atoms with Crippen LogP contribution in [0.25, 0.3) is 0 Å². The van der Waals surface area contributed by atoms with Gasteiger partial charge in [0.2, 0.25) is 10.0 Å². The molecule has 2 N–H and O–H groups in total. The van der Waals surface area contributed by atoms with E-state index in [2.05, 4.69) is 21.7 Å². The normalized spacial score (nSPS) is 10.9. The first-order valence-electron chi connectivity index (χ1n) is 6.29. The molecule has 0 aliphatic heterocycles. The van der Waals surface area contributed by atoms with Crippen LogP contribution in [0.4, 0.5) is 0 Å². The molecule has 2 rings (SSSR count). The molecule has 0 fully saturated rings. The molecule has 7 heteroatoms. The summed E-state index contributed by atoms with van der Waals surface area (Å²) in [6.45, 7) is 0.436. The second-order valence-electron chi connectivity index (χ2n) is 4.15. The fourth-order valence-corrected chi connectivity index (χ4v) is 2.76. The van der Waals surface area contributed by atoms with Gasteiger partial charge in [0.05, 0.1) is 11.4 Å². The van der Waals surface area contributed by atoms with Crippen LogP contribution in [-0.4, -0.2) is 36.5 Å². The zero-order chi connectivity index (χ0) is 15.1. The summed E-state index contributed by atoms with van der Waals surface area (Å²) >= 11 is 0. The number of hydrogen-bond acceptors (Lipinski definition) is 4. The van der Waals surface area contributed by atoms with Crippen molar-refractivity contribution in [3.63, 3.8) is 0 Å². The van der Waals surface area contributed by atoms with Gasteiger partial charge in [-0.15, -0.1) is 0 Å². The van der Waals surface area contributed by atoms with Gasteiger partial charge in [-0.1, -0.05) is 17.9 Å². The molecule has 6 nitrogen and oxygen atoms in total. The summed E-state index contributed by atoms with van der Waals surface area (Å²) in [6, 6.07) is 8.05. The molecule has 0 saturated heterocycles. The Morgan fingerprint density at radius 3 is 2.90 bits per heavy atom. The van der Waals surface area contributed by atoms with Crippen molar-refractivity contribution in [2.24, 2.45) is 0 Å². The van der Waals surface area contributed by atoms with E-state index < -0.39 is 10.0 Å². The highest BCUT2D eigenvalue weighted by Crippen LogP contribution is 2.10. The largest absolute Gasteiger partial charge is 0.384 e. The smallest absolute Gasteiger partial charge is 0.240 e. The number of aliphatic hydroxyl groups excluding tert-OH is 1. The Hall–Kier alpha value is -2.14. The highest BCUT2D eigenvalue weighted by molar-refractivity contribution is 7.89. The van der Waals surface area contributed by atoms with E-state index in [-0.39, 0.29) is 18.0 Å². The van der Waals surface area contributed by atoms with E-state index in [1.807, 2.05) is 0 Å². The molecule has 1 heterocycles. The molecule has 110 valence electrons. The number of nitrogens with one attached hydrogen (secondary N) is 1. The summed E-state index contributed by atoms with van der Waals surface area (Å²) < 4.78 is 28.5. The van der Waals surface area contributed by atoms with Crippen molar-refractivity contribution < 1.29 is 13.5 Å². The van der Waals surface area contributed by atoms with Gasteiger partial charge >= 0.3 is 0 Å².